The van der Waals surface area contributed by atoms with E-state index in [4.69, 9.17) is 0 Å². The number of aliphatic hydroxyl groups excluding tert-OH is 1. The maximum Gasteiger partial charge on any atom is 0.0693 e. The molecule has 0 aliphatic carbocycles. The molecule has 1 heterocycles. The molecule has 1 rings (SSSR count). The summed E-state index contributed by atoms with van der Waals surface area (Å²) < 4.78 is 0. The molecule has 0 aromatic carbocycles. The van der Waals surface area contributed by atoms with Gasteiger partial charge in [-0.25, -0.2) is 0 Å². The van der Waals surface area contributed by atoms with Crippen molar-refractivity contribution in [3.63, 3.8) is 0 Å². The molecule has 2 N–H and O–H groups in total. The van der Waals surface area contributed by atoms with E-state index in [9.17, 15) is 5.11 Å². The second kappa shape index (κ2) is 3.94. The van der Waals surface area contributed by atoms with E-state index >= 15 is 0 Å². The molecule has 0 radical (unpaired) electrons. The fraction of sp³-hybridized carbons (Fsp3) is 1.00. The van der Waals surface area contributed by atoms with Crippen LogP contribution >= 0.6 is 0 Å². The number of nitrogens with one attached hydrogen (secondary N) is 1. The first-order valence-corrected chi connectivity index (χ1v) is 4.26. The minimum absolute atomic E-state index is 0.0892. The molecule has 2 atom stereocenters. The molecule has 0 aromatic rings. The van der Waals surface area contributed by atoms with Crippen LogP contribution in [0.1, 0.15) is 32.6 Å². The van der Waals surface area contributed by atoms with E-state index in [1.165, 1.54) is 6.42 Å². The van der Waals surface area contributed by atoms with Crippen molar-refractivity contribution in [2.24, 2.45) is 0 Å². The van der Waals surface area contributed by atoms with Crippen LogP contribution in [0.15, 0.2) is 0 Å². The van der Waals surface area contributed by atoms with Crippen molar-refractivity contribution >= 4 is 0 Å². The van der Waals surface area contributed by atoms with Crippen molar-refractivity contribution in [1.82, 2.24) is 5.32 Å². The SMILES string of the molecule is CCCCC(O)C1CCN1. The molecule has 0 aromatic heterocycles. The Kier molecular flexibility index (Phi) is 3.16. The van der Waals surface area contributed by atoms with Crippen molar-refractivity contribution in [2.75, 3.05) is 6.54 Å². The molecule has 0 amide bonds. The number of hydrogen-bond acceptors (Lipinski definition) is 2. The first kappa shape index (κ1) is 8.02. The minimum Gasteiger partial charge on any atom is -0.392 e. The Hall–Kier alpha value is -0.0800. The number of unbranched alkanes of at least 4 members (excludes halogenated alkanes) is 1. The van der Waals surface area contributed by atoms with Gasteiger partial charge >= 0.3 is 0 Å². The number of aliphatic hydroxyl groups is 1. The van der Waals surface area contributed by atoms with E-state index in [-0.39, 0.29) is 6.10 Å². The van der Waals surface area contributed by atoms with Crippen LogP contribution in [0.2, 0.25) is 0 Å². The smallest absolute Gasteiger partial charge is 0.0693 e. The van der Waals surface area contributed by atoms with Gasteiger partial charge in [0.25, 0.3) is 0 Å². The summed E-state index contributed by atoms with van der Waals surface area (Å²) in [5.41, 5.74) is 0. The summed E-state index contributed by atoms with van der Waals surface area (Å²) in [6.45, 7) is 3.24. The summed E-state index contributed by atoms with van der Waals surface area (Å²) in [6.07, 6.45) is 4.37. The Morgan fingerprint density at radius 1 is 1.70 bits per heavy atom. The Balaban J connectivity index is 2.02. The van der Waals surface area contributed by atoms with Gasteiger partial charge in [-0.2, -0.15) is 0 Å². The molecule has 2 heteroatoms. The largest absolute Gasteiger partial charge is 0.392 e. The lowest BCUT2D eigenvalue weighted by Crippen LogP contribution is -2.50. The van der Waals surface area contributed by atoms with E-state index < -0.39 is 0 Å². The second-order valence-corrected chi connectivity index (χ2v) is 3.06. The third-order valence-corrected chi connectivity index (χ3v) is 2.18. The van der Waals surface area contributed by atoms with Crippen LogP contribution in [0, 0.1) is 0 Å². The quantitative estimate of drug-likeness (QED) is 0.613. The Bertz CT molecular complexity index is 91.3. The minimum atomic E-state index is -0.0892. The van der Waals surface area contributed by atoms with Crippen LogP contribution < -0.4 is 5.32 Å². The zero-order valence-electron chi connectivity index (χ0n) is 6.64. The van der Waals surface area contributed by atoms with Gasteiger partial charge in [0.15, 0.2) is 0 Å². The highest BCUT2D eigenvalue weighted by Gasteiger charge is 2.23. The number of hydrogen-bond donors (Lipinski definition) is 2. The van der Waals surface area contributed by atoms with E-state index in [1.54, 1.807) is 0 Å². The van der Waals surface area contributed by atoms with E-state index in [0.717, 1.165) is 25.8 Å². The fourth-order valence-corrected chi connectivity index (χ4v) is 1.25. The third-order valence-electron chi connectivity index (χ3n) is 2.18. The van der Waals surface area contributed by atoms with Crippen molar-refractivity contribution in [2.45, 2.75) is 44.8 Å². The lowest BCUT2D eigenvalue weighted by molar-refractivity contribution is 0.0857. The highest BCUT2D eigenvalue weighted by molar-refractivity contribution is 4.83. The summed E-state index contributed by atoms with van der Waals surface area (Å²) in [7, 11) is 0. The molecule has 1 saturated heterocycles. The summed E-state index contributed by atoms with van der Waals surface area (Å²) in [4.78, 5) is 0. The predicted octanol–water partition coefficient (Wildman–Crippen LogP) is 0.899. The van der Waals surface area contributed by atoms with Crippen molar-refractivity contribution in [3.05, 3.63) is 0 Å². The van der Waals surface area contributed by atoms with Gasteiger partial charge in [0.1, 0.15) is 0 Å². The second-order valence-electron chi connectivity index (χ2n) is 3.06. The van der Waals surface area contributed by atoms with Gasteiger partial charge in [0.05, 0.1) is 6.10 Å². The lowest BCUT2D eigenvalue weighted by Gasteiger charge is -2.31. The van der Waals surface area contributed by atoms with Crippen LogP contribution in [-0.2, 0) is 0 Å². The van der Waals surface area contributed by atoms with E-state index in [2.05, 4.69) is 12.2 Å². The summed E-state index contributed by atoms with van der Waals surface area (Å²) in [5, 5.41) is 12.6. The van der Waals surface area contributed by atoms with Crippen LogP contribution in [0.3, 0.4) is 0 Å². The van der Waals surface area contributed by atoms with Gasteiger partial charge in [-0.1, -0.05) is 19.8 Å². The average molecular weight is 143 g/mol. The maximum absolute atomic E-state index is 9.44. The molecule has 0 saturated carbocycles. The van der Waals surface area contributed by atoms with Crippen molar-refractivity contribution in [1.29, 1.82) is 0 Å². The van der Waals surface area contributed by atoms with E-state index in [0.29, 0.717) is 6.04 Å². The average Bonchev–Trinajstić information content (AvgIpc) is 1.79. The van der Waals surface area contributed by atoms with Crippen LogP contribution in [0.5, 0.6) is 0 Å². The van der Waals surface area contributed by atoms with Gasteiger partial charge in [0, 0.05) is 6.04 Å². The van der Waals surface area contributed by atoms with Gasteiger partial charge in [-0.05, 0) is 19.4 Å². The lowest BCUT2D eigenvalue weighted by atomic mass is 9.97. The topological polar surface area (TPSA) is 32.3 Å². The number of rotatable bonds is 4. The van der Waals surface area contributed by atoms with Gasteiger partial charge < -0.3 is 10.4 Å². The summed E-state index contributed by atoms with van der Waals surface area (Å²) >= 11 is 0. The third kappa shape index (κ3) is 1.96. The molecular formula is C8H17NO. The Labute approximate surface area is 62.6 Å². The molecule has 1 aliphatic heterocycles. The monoisotopic (exact) mass is 143 g/mol. The molecule has 0 bridgehead atoms. The summed E-state index contributed by atoms with van der Waals surface area (Å²) in [6, 6.07) is 0.409. The highest BCUT2D eigenvalue weighted by atomic mass is 16.3. The van der Waals surface area contributed by atoms with Crippen LogP contribution in [0.4, 0.5) is 0 Å². The van der Waals surface area contributed by atoms with Crippen LogP contribution in [0.25, 0.3) is 0 Å². The summed E-state index contributed by atoms with van der Waals surface area (Å²) in [5.74, 6) is 0. The highest BCUT2D eigenvalue weighted by Crippen LogP contribution is 2.12. The zero-order valence-corrected chi connectivity index (χ0v) is 6.64. The molecular weight excluding hydrogens is 126 g/mol. The molecule has 1 aliphatic rings. The van der Waals surface area contributed by atoms with E-state index in [1.807, 2.05) is 0 Å². The first-order valence-electron chi connectivity index (χ1n) is 4.26. The standard InChI is InChI=1S/C8H17NO/c1-2-3-4-8(10)7-5-6-9-7/h7-10H,2-6H2,1H3. The molecule has 0 spiro atoms. The molecule has 2 unspecified atom stereocenters. The van der Waals surface area contributed by atoms with Crippen molar-refractivity contribution < 1.29 is 5.11 Å². The molecule has 2 nitrogen and oxygen atoms in total. The predicted molar refractivity (Wildman–Crippen MR) is 41.9 cm³/mol. The fourth-order valence-electron chi connectivity index (χ4n) is 1.25. The van der Waals surface area contributed by atoms with Gasteiger partial charge in [0.2, 0.25) is 0 Å². The van der Waals surface area contributed by atoms with Gasteiger partial charge in [-0.15, -0.1) is 0 Å². The van der Waals surface area contributed by atoms with Gasteiger partial charge in [-0.3, -0.25) is 0 Å². The normalized spacial score (nSPS) is 27.6. The molecule has 10 heavy (non-hydrogen) atoms. The van der Waals surface area contributed by atoms with Crippen LogP contribution in [-0.4, -0.2) is 23.8 Å². The zero-order chi connectivity index (χ0) is 7.40. The Morgan fingerprint density at radius 2 is 2.40 bits per heavy atom. The molecule has 1 fully saturated rings. The maximum atomic E-state index is 9.44. The first-order chi connectivity index (χ1) is 4.84. The Morgan fingerprint density at radius 3 is 2.80 bits per heavy atom. The van der Waals surface area contributed by atoms with Crippen molar-refractivity contribution in [3.8, 4) is 0 Å². The molecule has 60 valence electrons.